The molecule has 1 aromatic rings. The van der Waals surface area contributed by atoms with Gasteiger partial charge in [0.2, 0.25) is 0 Å². The molecule has 4 heteroatoms. The monoisotopic (exact) mass is 291 g/mol. The Balaban J connectivity index is 2.13. The van der Waals surface area contributed by atoms with E-state index in [0.717, 1.165) is 37.4 Å². The minimum Gasteiger partial charge on any atom is -0.343 e. The summed E-state index contributed by atoms with van der Waals surface area (Å²) in [5.74, 6) is 0.253. The predicted molar refractivity (Wildman–Crippen MR) is 87.2 cm³/mol. The van der Waals surface area contributed by atoms with Crippen molar-refractivity contribution < 1.29 is 4.79 Å². The maximum absolute atomic E-state index is 12.6. The van der Waals surface area contributed by atoms with Crippen molar-refractivity contribution in [1.29, 1.82) is 0 Å². The molecular formula is C17H29N3O. The minimum absolute atomic E-state index is 0.0144. The summed E-state index contributed by atoms with van der Waals surface area (Å²) in [5.41, 5.74) is 3.17. The molecule has 0 atom stereocenters. The van der Waals surface area contributed by atoms with Gasteiger partial charge in [0.15, 0.2) is 5.78 Å². The van der Waals surface area contributed by atoms with Gasteiger partial charge >= 0.3 is 0 Å². The van der Waals surface area contributed by atoms with E-state index in [4.69, 9.17) is 0 Å². The van der Waals surface area contributed by atoms with Gasteiger partial charge in [-0.25, -0.2) is 0 Å². The van der Waals surface area contributed by atoms with E-state index in [-0.39, 0.29) is 11.3 Å². The number of aryl methyl sites for hydroxylation is 1. The molecule has 1 saturated heterocycles. The van der Waals surface area contributed by atoms with Crippen LogP contribution in [-0.2, 0) is 5.54 Å². The van der Waals surface area contributed by atoms with Crippen LogP contribution in [0.25, 0.3) is 0 Å². The Morgan fingerprint density at radius 1 is 1.14 bits per heavy atom. The van der Waals surface area contributed by atoms with E-state index in [9.17, 15) is 4.79 Å². The lowest BCUT2D eigenvalue weighted by atomic mass is 10.1. The number of piperazine rings is 1. The number of nitrogens with zero attached hydrogens (tertiary/aromatic N) is 3. The number of aromatic nitrogens is 1. The van der Waals surface area contributed by atoms with Gasteiger partial charge in [-0.2, -0.15) is 0 Å². The molecule has 0 radical (unpaired) electrons. The normalized spacial score (nSPS) is 18.2. The Morgan fingerprint density at radius 2 is 1.71 bits per heavy atom. The van der Waals surface area contributed by atoms with Crippen LogP contribution in [0.4, 0.5) is 0 Å². The van der Waals surface area contributed by atoms with E-state index in [1.165, 1.54) is 5.69 Å². The third-order valence-electron chi connectivity index (χ3n) is 4.37. The Labute approximate surface area is 128 Å². The first-order chi connectivity index (χ1) is 9.70. The zero-order valence-corrected chi connectivity index (χ0v) is 14.4. The van der Waals surface area contributed by atoms with Gasteiger partial charge in [-0.1, -0.05) is 0 Å². The number of ketones is 1. The molecule has 0 bridgehead atoms. The summed E-state index contributed by atoms with van der Waals surface area (Å²) >= 11 is 0. The van der Waals surface area contributed by atoms with E-state index in [0.29, 0.717) is 6.54 Å². The molecule has 4 nitrogen and oxygen atoms in total. The topological polar surface area (TPSA) is 28.5 Å². The van der Waals surface area contributed by atoms with E-state index < -0.39 is 0 Å². The number of hydrogen-bond donors (Lipinski definition) is 0. The van der Waals surface area contributed by atoms with Gasteiger partial charge in [0.05, 0.1) is 6.54 Å². The molecule has 1 fully saturated rings. The average molecular weight is 291 g/mol. The van der Waals surface area contributed by atoms with Gasteiger partial charge in [-0.05, 0) is 47.7 Å². The van der Waals surface area contributed by atoms with Crippen LogP contribution in [0.3, 0.4) is 0 Å². The van der Waals surface area contributed by atoms with E-state index >= 15 is 0 Å². The van der Waals surface area contributed by atoms with Crippen molar-refractivity contribution in [2.45, 2.75) is 40.2 Å². The van der Waals surface area contributed by atoms with Crippen molar-refractivity contribution in [2.75, 3.05) is 39.8 Å². The van der Waals surface area contributed by atoms with Crippen LogP contribution in [0.1, 0.15) is 42.5 Å². The van der Waals surface area contributed by atoms with Gasteiger partial charge in [-0.15, -0.1) is 0 Å². The second-order valence-corrected chi connectivity index (χ2v) is 7.29. The molecule has 2 heterocycles. The van der Waals surface area contributed by atoms with Crippen molar-refractivity contribution in [1.82, 2.24) is 14.4 Å². The maximum atomic E-state index is 12.6. The van der Waals surface area contributed by atoms with Crippen LogP contribution in [0, 0.1) is 13.8 Å². The van der Waals surface area contributed by atoms with Gasteiger partial charge < -0.3 is 9.47 Å². The maximum Gasteiger partial charge on any atom is 0.178 e. The first-order valence-corrected chi connectivity index (χ1v) is 7.83. The van der Waals surface area contributed by atoms with Gasteiger partial charge in [0.25, 0.3) is 0 Å². The summed E-state index contributed by atoms with van der Waals surface area (Å²) in [4.78, 5) is 17.2. The number of likely N-dealkylation sites (N-methyl/N-ethyl adjacent to an activating group) is 1. The number of carbonyl (C=O) groups excluding carboxylic acids is 1. The largest absolute Gasteiger partial charge is 0.343 e. The van der Waals surface area contributed by atoms with Crippen LogP contribution < -0.4 is 0 Å². The minimum atomic E-state index is 0.0144. The van der Waals surface area contributed by atoms with E-state index in [2.05, 4.69) is 62.1 Å². The Morgan fingerprint density at radius 3 is 2.19 bits per heavy atom. The highest BCUT2D eigenvalue weighted by molar-refractivity contribution is 5.99. The highest BCUT2D eigenvalue weighted by Gasteiger charge is 2.24. The summed E-state index contributed by atoms with van der Waals surface area (Å²) in [6.45, 7) is 15.3. The highest BCUT2D eigenvalue weighted by Crippen LogP contribution is 2.24. The zero-order valence-electron chi connectivity index (χ0n) is 14.4. The first-order valence-electron chi connectivity index (χ1n) is 7.83. The summed E-state index contributed by atoms with van der Waals surface area (Å²) in [5, 5.41) is 0. The van der Waals surface area contributed by atoms with Gasteiger partial charge in [-0.3, -0.25) is 9.69 Å². The smallest absolute Gasteiger partial charge is 0.178 e. The zero-order chi connectivity index (χ0) is 15.8. The van der Waals surface area contributed by atoms with Crippen LogP contribution in [0.15, 0.2) is 6.07 Å². The number of Topliss-reactive ketones (excluding diaryl/α,β-unsaturated/α-hetero) is 1. The number of hydrogen-bond acceptors (Lipinski definition) is 3. The Kier molecular flexibility index (Phi) is 4.59. The molecule has 0 N–H and O–H groups in total. The third kappa shape index (κ3) is 3.55. The molecule has 0 aliphatic carbocycles. The van der Waals surface area contributed by atoms with Crippen LogP contribution in [-0.4, -0.2) is 59.9 Å². The predicted octanol–water partition coefficient (Wildman–Crippen LogP) is 2.29. The van der Waals surface area contributed by atoms with Crippen LogP contribution in [0.2, 0.25) is 0 Å². The molecule has 21 heavy (non-hydrogen) atoms. The molecule has 1 aromatic heterocycles. The quantitative estimate of drug-likeness (QED) is 0.800. The summed E-state index contributed by atoms with van der Waals surface area (Å²) in [6, 6.07) is 2.05. The molecule has 0 amide bonds. The molecular weight excluding hydrogens is 262 g/mol. The van der Waals surface area contributed by atoms with Crippen molar-refractivity contribution >= 4 is 5.78 Å². The summed E-state index contributed by atoms with van der Waals surface area (Å²) in [6.07, 6.45) is 0. The molecule has 1 aliphatic heterocycles. The fourth-order valence-electron chi connectivity index (χ4n) is 3.37. The summed E-state index contributed by atoms with van der Waals surface area (Å²) in [7, 11) is 2.14. The molecule has 1 aliphatic rings. The van der Waals surface area contributed by atoms with Crippen molar-refractivity contribution in [3.05, 3.63) is 23.0 Å². The molecule has 2 rings (SSSR count). The molecule has 0 unspecified atom stereocenters. The Hall–Kier alpha value is -1.13. The number of carbonyl (C=O) groups is 1. The van der Waals surface area contributed by atoms with E-state index in [1.807, 2.05) is 0 Å². The Bertz CT molecular complexity index is 517. The molecule has 0 spiro atoms. The SMILES string of the molecule is Cc1cc(C(=O)CN2CCN(C)CC2)c(C)n1C(C)(C)C. The lowest BCUT2D eigenvalue weighted by Crippen LogP contribution is -2.46. The van der Waals surface area contributed by atoms with Gasteiger partial charge in [0, 0.05) is 48.7 Å². The molecule has 118 valence electrons. The second-order valence-electron chi connectivity index (χ2n) is 7.29. The molecule has 0 saturated carbocycles. The molecule has 0 aromatic carbocycles. The fourth-order valence-corrected chi connectivity index (χ4v) is 3.37. The van der Waals surface area contributed by atoms with Crippen LogP contribution >= 0.6 is 0 Å². The second kappa shape index (κ2) is 5.93. The first kappa shape index (κ1) is 16.2. The van der Waals surface area contributed by atoms with Crippen molar-refractivity contribution in [3.63, 3.8) is 0 Å². The lowest BCUT2D eigenvalue weighted by Gasteiger charge is -2.31. The summed E-state index contributed by atoms with van der Waals surface area (Å²) < 4.78 is 2.27. The standard InChI is InChI=1S/C17H29N3O/c1-13-11-15(14(2)20(13)17(3,4)5)16(21)12-19-9-7-18(6)8-10-19/h11H,7-10,12H2,1-6H3. The van der Waals surface area contributed by atoms with Crippen LogP contribution in [0.5, 0.6) is 0 Å². The van der Waals surface area contributed by atoms with Crippen molar-refractivity contribution in [2.24, 2.45) is 0 Å². The highest BCUT2D eigenvalue weighted by atomic mass is 16.1. The fraction of sp³-hybridized carbons (Fsp3) is 0.706. The van der Waals surface area contributed by atoms with Crippen molar-refractivity contribution in [3.8, 4) is 0 Å². The number of rotatable bonds is 3. The average Bonchev–Trinajstić information content (AvgIpc) is 2.67. The third-order valence-corrected chi connectivity index (χ3v) is 4.37. The van der Waals surface area contributed by atoms with Gasteiger partial charge in [0.1, 0.15) is 0 Å². The van der Waals surface area contributed by atoms with E-state index in [1.54, 1.807) is 0 Å². The lowest BCUT2D eigenvalue weighted by molar-refractivity contribution is 0.0875.